The van der Waals surface area contributed by atoms with E-state index in [1.54, 1.807) is 0 Å². The van der Waals surface area contributed by atoms with Crippen molar-refractivity contribution in [3.05, 3.63) is 23.9 Å². The fourth-order valence-corrected chi connectivity index (χ4v) is 3.11. The summed E-state index contributed by atoms with van der Waals surface area (Å²) in [6.07, 6.45) is 1.96. The van der Waals surface area contributed by atoms with Gasteiger partial charge in [0, 0.05) is 38.4 Å². The van der Waals surface area contributed by atoms with Crippen molar-refractivity contribution in [2.24, 2.45) is 5.41 Å². The van der Waals surface area contributed by atoms with E-state index in [0.717, 1.165) is 32.0 Å². The molecule has 1 aromatic rings. The highest BCUT2D eigenvalue weighted by atomic mass is 15.3. The minimum atomic E-state index is 0.178. The van der Waals surface area contributed by atoms with Gasteiger partial charge >= 0.3 is 0 Å². The van der Waals surface area contributed by atoms with Gasteiger partial charge in [0.15, 0.2) is 0 Å². The van der Waals surface area contributed by atoms with E-state index >= 15 is 0 Å². The standard InChI is InChI=1S/C19H33N3/c1-15-13-21(10-11-22(15)14-18(2,3)4)17-12-16(8-9-20-17)19(5,6)7/h8-9,12,15H,10-11,13-14H2,1-7H3/t15-/m0/s1. The molecular formula is C19H33N3. The van der Waals surface area contributed by atoms with E-state index in [-0.39, 0.29) is 5.41 Å². The molecule has 0 spiro atoms. The van der Waals surface area contributed by atoms with Gasteiger partial charge in [-0.1, -0.05) is 41.5 Å². The molecule has 3 heteroatoms. The number of pyridine rings is 1. The fourth-order valence-electron chi connectivity index (χ4n) is 3.11. The zero-order valence-electron chi connectivity index (χ0n) is 15.5. The van der Waals surface area contributed by atoms with Crippen LogP contribution in [0.3, 0.4) is 0 Å². The third-order valence-electron chi connectivity index (χ3n) is 4.38. The van der Waals surface area contributed by atoms with Crippen molar-refractivity contribution in [3.8, 4) is 0 Å². The summed E-state index contributed by atoms with van der Waals surface area (Å²) in [5, 5.41) is 0. The van der Waals surface area contributed by atoms with Crippen molar-refractivity contribution in [1.82, 2.24) is 9.88 Å². The molecule has 1 saturated heterocycles. The molecule has 2 rings (SSSR count). The highest BCUT2D eigenvalue weighted by Gasteiger charge is 2.28. The van der Waals surface area contributed by atoms with Crippen LogP contribution in [0.5, 0.6) is 0 Å². The van der Waals surface area contributed by atoms with Gasteiger partial charge in [-0.2, -0.15) is 0 Å². The first-order chi connectivity index (χ1) is 10.1. The molecule has 0 amide bonds. The van der Waals surface area contributed by atoms with E-state index in [2.05, 4.69) is 75.4 Å². The number of anilines is 1. The minimum absolute atomic E-state index is 0.178. The Labute approximate surface area is 136 Å². The minimum Gasteiger partial charge on any atom is -0.354 e. The maximum atomic E-state index is 4.62. The van der Waals surface area contributed by atoms with Gasteiger partial charge in [-0.3, -0.25) is 4.90 Å². The van der Waals surface area contributed by atoms with E-state index in [1.165, 1.54) is 5.56 Å². The van der Waals surface area contributed by atoms with Crippen molar-refractivity contribution in [3.63, 3.8) is 0 Å². The van der Waals surface area contributed by atoms with E-state index in [4.69, 9.17) is 0 Å². The van der Waals surface area contributed by atoms with Crippen LogP contribution in [0, 0.1) is 5.41 Å². The van der Waals surface area contributed by atoms with E-state index in [1.807, 2.05) is 6.20 Å². The number of hydrogen-bond donors (Lipinski definition) is 0. The lowest BCUT2D eigenvalue weighted by Gasteiger charge is -2.43. The van der Waals surface area contributed by atoms with Crippen LogP contribution in [0.2, 0.25) is 0 Å². The highest BCUT2D eigenvalue weighted by Crippen LogP contribution is 2.26. The Kier molecular flexibility index (Phi) is 4.86. The lowest BCUT2D eigenvalue weighted by molar-refractivity contribution is 0.133. The summed E-state index contributed by atoms with van der Waals surface area (Å²) in [6.45, 7) is 20.5. The van der Waals surface area contributed by atoms with Gasteiger partial charge < -0.3 is 4.90 Å². The third kappa shape index (κ3) is 4.45. The summed E-state index contributed by atoms with van der Waals surface area (Å²) in [5.74, 6) is 1.13. The van der Waals surface area contributed by atoms with Gasteiger partial charge in [-0.05, 0) is 35.4 Å². The zero-order chi connectivity index (χ0) is 16.5. The topological polar surface area (TPSA) is 19.4 Å². The maximum Gasteiger partial charge on any atom is 0.128 e. The Morgan fingerprint density at radius 2 is 1.82 bits per heavy atom. The molecule has 2 heterocycles. The van der Waals surface area contributed by atoms with Gasteiger partial charge in [0.25, 0.3) is 0 Å². The number of nitrogens with zero attached hydrogens (tertiary/aromatic N) is 3. The van der Waals surface area contributed by atoms with Crippen molar-refractivity contribution in [1.29, 1.82) is 0 Å². The fraction of sp³-hybridized carbons (Fsp3) is 0.737. The largest absolute Gasteiger partial charge is 0.354 e. The van der Waals surface area contributed by atoms with Crippen LogP contribution in [0.25, 0.3) is 0 Å². The lowest BCUT2D eigenvalue weighted by atomic mass is 9.87. The first kappa shape index (κ1) is 17.3. The quantitative estimate of drug-likeness (QED) is 0.825. The van der Waals surface area contributed by atoms with Gasteiger partial charge in [-0.25, -0.2) is 4.98 Å². The van der Waals surface area contributed by atoms with Gasteiger partial charge in [0.2, 0.25) is 0 Å². The third-order valence-corrected chi connectivity index (χ3v) is 4.38. The molecule has 0 bridgehead atoms. The molecule has 3 nitrogen and oxygen atoms in total. The Morgan fingerprint density at radius 3 is 2.36 bits per heavy atom. The first-order valence-corrected chi connectivity index (χ1v) is 8.52. The molecular weight excluding hydrogens is 270 g/mol. The number of hydrogen-bond acceptors (Lipinski definition) is 3. The molecule has 0 aliphatic carbocycles. The molecule has 0 aromatic carbocycles. The summed E-state index contributed by atoms with van der Waals surface area (Å²) < 4.78 is 0. The Balaban J connectivity index is 2.07. The summed E-state index contributed by atoms with van der Waals surface area (Å²) in [4.78, 5) is 9.68. The molecule has 1 atom stereocenters. The lowest BCUT2D eigenvalue weighted by Crippen LogP contribution is -2.54. The van der Waals surface area contributed by atoms with Crippen LogP contribution in [0.4, 0.5) is 5.82 Å². The van der Waals surface area contributed by atoms with Gasteiger partial charge in [-0.15, -0.1) is 0 Å². The van der Waals surface area contributed by atoms with Crippen LogP contribution in [0.1, 0.15) is 54.0 Å². The SMILES string of the molecule is C[C@H]1CN(c2cc(C(C)(C)C)ccn2)CCN1CC(C)(C)C. The summed E-state index contributed by atoms with van der Waals surface area (Å²) in [5.41, 5.74) is 1.90. The second-order valence-electron chi connectivity index (χ2n) is 8.98. The van der Waals surface area contributed by atoms with Crippen LogP contribution in [0.15, 0.2) is 18.3 Å². The first-order valence-electron chi connectivity index (χ1n) is 8.52. The molecule has 1 aliphatic rings. The van der Waals surface area contributed by atoms with Gasteiger partial charge in [0.05, 0.1) is 0 Å². The second kappa shape index (κ2) is 6.19. The predicted octanol–water partition coefficient (Wildman–Crippen LogP) is 3.94. The smallest absolute Gasteiger partial charge is 0.128 e. The molecule has 124 valence electrons. The summed E-state index contributed by atoms with van der Waals surface area (Å²) in [6, 6.07) is 4.99. The Morgan fingerprint density at radius 1 is 1.14 bits per heavy atom. The average Bonchev–Trinajstić information content (AvgIpc) is 2.39. The molecule has 22 heavy (non-hydrogen) atoms. The number of piperazine rings is 1. The average molecular weight is 303 g/mol. The highest BCUT2D eigenvalue weighted by molar-refractivity contribution is 5.43. The molecule has 0 unspecified atom stereocenters. The molecule has 1 aliphatic heterocycles. The van der Waals surface area contributed by atoms with Crippen molar-refractivity contribution in [2.45, 2.75) is 59.9 Å². The molecule has 1 fully saturated rings. The normalized spacial score (nSPS) is 21.2. The molecule has 0 radical (unpaired) electrons. The monoisotopic (exact) mass is 303 g/mol. The van der Waals surface area contributed by atoms with Crippen molar-refractivity contribution < 1.29 is 0 Å². The second-order valence-corrected chi connectivity index (χ2v) is 8.98. The zero-order valence-corrected chi connectivity index (χ0v) is 15.5. The molecule has 1 aromatic heterocycles. The van der Waals surface area contributed by atoms with E-state index in [0.29, 0.717) is 11.5 Å². The van der Waals surface area contributed by atoms with Crippen LogP contribution in [-0.2, 0) is 5.41 Å². The molecule has 0 N–H and O–H groups in total. The molecule has 0 saturated carbocycles. The van der Waals surface area contributed by atoms with Crippen LogP contribution in [-0.4, -0.2) is 42.1 Å². The Hall–Kier alpha value is -1.09. The van der Waals surface area contributed by atoms with E-state index in [9.17, 15) is 0 Å². The number of aromatic nitrogens is 1. The van der Waals surface area contributed by atoms with Gasteiger partial charge in [0.1, 0.15) is 5.82 Å². The predicted molar refractivity (Wildman–Crippen MR) is 95.6 cm³/mol. The van der Waals surface area contributed by atoms with Crippen LogP contribution < -0.4 is 4.90 Å². The van der Waals surface area contributed by atoms with Crippen LogP contribution >= 0.6 is 0 Å². The Bertz CT molecular complexity index is 496. The van der Waals surface area contributed by atoms with E-state index < -0.39 is 0 Å². The number of rotatable bonds is 2. The summed E-state index contributed by atoms with van der Waals surface area (Å²) in [7, 11) is 0. The summed E-state index contributed by atoms with van der Waals surface area (Å²) >= 11 is 0. The van der Waals surface area contributed by atoms with Crippen molar-refractivity contribution in [2.75, 3.05) is 31.1 Å². The maximum absolute atomic E-state index is 4.62. The van der Waals surface area contributed by atoms with Crippen molar-refractivity contribution >= 4 is 5.82 Å².